The van der Waals surface area contributed by atoms with Crippen LogP contribution < -0.4 is 15.0 Å². The molecule has 0 bridgehead atoms. The number of ether oxygens (including phenoxy) is 1. The van der Waals surface area contributed by atoms with Gasteiger partial charge in [-0.3, -0.25) is 4.79 Å². The first-order valence-electron chi connectivity index (χ1n) is 10.0. The molecule has 1 saturated carbocycles. The molecule has 1 amide bonds. The van der Waals surface area contributed by atoms with Gasteiger partial charge in [0, 0.05) is 30.4 Å². The Morgan fingerprint density at radius 3 is 2.52 bits per heavy atom. The summed E-state index contributed by atoms with van der Waals surface area (Å²) in [5.74, 6) is 1.46. The van der Waals surface area contributed by atoms with E-state index in [0.717, 1.165) is 38.2 Å². The average molecular weight is 346 g/mol. The van der Waals surface area contributed by atoms with Gasteiger partial charge in [-0.15, -0.1) is 0 Å². The molecule has 1 heterocycles. The number of carbonyl (C=O) groups excluding carboxylic acids is 1. The van der Waals surface area contributed by atoms with E-state index in [-0.39, 0.29) is 5.92 Å². The van der Waals surface area contributed by atoms with Crippen LogP contribution in [0.15, 0.2) is 24.3 Å². The highest BCUT2D eigenvalue weighted by Gasteiger charge is 2.28. The molecule has 2 N–H and O–H groups in total. The van der Waals surface area contributed by atoms with Crippen molar-refractivity contribution in [1.82, 2.24) is 5.32 Å². The Hall–Kier alpha value is -1.55. The zero-order valence-corrected chi connectivity index (χ0v) is 15.6. The van der Waals surface area contributed by atoms with Crippen molar-refractivity contribution >= 4 is 5.91 Å². The summed E-state index contributed by atoms with van der Waals surface area (Å²) in [6, 6.07) is 8.76. The second-order valence-corrected chi connectivity index (χ2v) is 7.75. The second-order valence-electron chi connectivity index (χ2n) is 7.75. The fraction of sp³-hybridized carbons (Fsp3) is 0.667. The Bertz CT molecular complexity index is 545. The van der Waals surface area contributed by atoms with E-state index in [4.69, 9.17) is 4.74 Å². The summed E-state index contributed by atoms with van der Waals surface area (Å²) in [5, 5.41) is 3.34. The molecule has 1 saturated heterocycles. The van der Waals surface area contributed by atoms with Crippen molar-refractivity contribution in [2.24, 2.45) is 5.92 Å². The summed E-state index contributed by atoms with van der Waals surface area (Å²) >= 11 is 0. The smallest absolute Gasteiger partial charge is 0.223 e. The van der Waals surface area contributed by atoms with E-state index < -0.39 is 0 Å². The number of likely N-dealkylation sites (tertiary alicyclic amines) is 1. The first kappa shape index (κ1) is 18.2. The standard InChI is InChI=1S/C21H32N2O2/c1-25-20-10-6-7-17(15-20)16-23-13-11-18(12-14-23)21(24)22-19-8-4-2-3-5-9-19/h6-7,10,15,18-19H,2-5,8-9,11-14,16H2,1H3,(H,22,24)/p+1. The van der Waals surface area contributed by atoms with Gasteiger partial charge >= 0.3 is 0 Å². The highest BCUT2D eigenvalue weighted by Crippen LogP contribution is 2.19. The fourth-order valence-corrected chi connectivity index (χ4v) is 4.28. The molecule has 0 aromatic heterocycles. The third kappa shape index (κ3) is 5.46. The number of hydrogen-bond acceptors (Lipinski definition) is 2. The molecule has 0 atom stereocenters. The predicted octanol–water partition coefficient (Wildman–Crippen LogP) is 2.33. The first-order chi connectivity index (χ1) is 12.2. The highest BCUT2D eigenvalue weighted by atomic mass is 16.5. The molecular formula is C21H33N2O2+. The van der Waals surface area contributed by atoms with Crippen LogP contribution in [0.1, 0.15) is 56.9 Å². The van der Waals surface area contributed by atoms with Gasteiger partial charge in [-0.1, -0.05) is 37.8 Å². The largest absolute Gasteiger partial charge is 0.497 e. The Morgan fingerprint density at radius 1 is 1.12 bits per heavy atom. The molecule has 4 nitrogen and oxygen atoms in total. The molecule has 2 fully saturated rings. The number of piperidine rings is 1. The fourth-order valence-electron chi connectivity index (χ4n) is 4.28. The van der Waals surface area contributed by atoms with Gasteiger partial charge in [-0.2, -0.15) is 0 Å². The maximum absolute atomic E-state index is 12.6. The summed E-state index contributed by atoms with van der Waals surface area (Å²) in [4.78, 5) is 14.2. The minimum atomic E-state index is 0.220. The lowest BCUT2D eigenvalue weighted by Crippen LogP contribution is -3.11. The first-order valence-corrected chi connectivity index (χ1v) is 10.0. The number of amides is 1. The van der Waals surface area contributed by atoms with Gasteiger partial charge in [0.15, 0.2) is 0 Å². The molecule has 2 aliphatic rings. The van der Waals surface area contributed by atoms with Gasteiger partial charge in [0.1, 0.15) is 12.3 Å². The molecule has 0 radical (unpaired) electrons. The molecule has 1 aliphatic carbocycles. The van der Waals surface area contributed by atoms with Crippen LogP contribution in [-0.4, -0.2) is 32.1 Å². The molecular weight excluding hydrogens is 312 g/mol. The van der Waals surface area contributed by atoms with Crippen molar-refractivity contribution in [2.75, 3.05) is 20.2 Å². The van der Waals surface area contributed by atoms with Crippen LogP contribution in [0.4, 0.5) is 0 Å². The Morgan fingerprint density at radius 2 is 1.84 bits per heavy atom. The Balaban J connectivity index is 1.43. The maximum atomic E-state index is 12.6. The lowest BCUT2D eigenvalue weighted by atomic mass is 9.94. The number of hydrogen-bond donors (Lipinski definition) is 2. The van der Waals surface area contributed by atoms with Crippen molar-refractivity contribution < 1.29 is 14.4 Å². The zero-order chi connectivity index (χ0) is 17.5. The average Bonchev–Trinajstić information content (AvgIpc) is 2.91. The third-order valence-electron chi connectivity index (χ3n) is 5.85. The number of benzene rings is 1. The molecule has 4 heteroatoms. The molecule has 1 aliphatic heterocycles. The van der Waals surface area contributed by atoms with E-state index in [1.165, 1.54) is 44.1 Å². The van der Waals surface area contributed by atoms with Crippen molar-refractivity contribution in [3.8, 4) is 5.75 Å². The van der Waals surface area contributed by atoms with Gasteiger partial charge in [-0.05, 0) is 25.0 Å². The summed E-state index contributed by atoms with van der Waals surface area (Å²) in [6.45, 7) is 3.19. The topological polar surface area (TPSA) is 42.8 Å². The number of carbonyl (C=O) groups is 1. The molecule has 0 spiro atoms. The SMILES string of the molecule is COc1cccc(C[NH+]2CCC(C(=O)NC3CCCCCC3)CC2)c1. The van der Waals surface area contributed by atoms with Crippen LogP contribution in [-0.2, 0) is 11.3 Å². The van der Waals surface area contributed by atoms with Crippen LogP contribution in [0.2, 0.25) is 0 Å². The summed E-state index contributed by atoms with van der Waals surface area (Å²) in [6.07, 6.45) is 9.58. The lowest BCUT2D eigenvalue weighted by molar-refractivity contribution is -0.919. The van der Waals surface area contributed by atoms with Crippen LogP contribution in [0, 0.1) is 5.92 Å². The Kier molecular flexibility index (Phi) is 6.74. The van der Waals surface area contributed by atoms with E-state index in [2.05, 4.69) is 23.5 Å². The molecule has 0 unspecified atom stereocenters. The van der Waals surface area contributed by atoms with E-state index in [1.54, 1.807) is 12.0 Å². The van der Waals surface area contributed by atoms with E-state index in [9.17, 15) is 4.79 Å². The van der Waals surface area contributed by atoms with Crippen molar-refractivity contribution in [2.45, 2.75) is 64.0 Å². The number of methoxy groups -OCH3 is 1. The van der Waals surface area contributed by atoms with Crippen molar-refractivity contribution in [3.63, 3.8) is 0 Å². The zero-order valence-electron chi connectivity index (χ0n) is 15.6. The summed E-state index contributed by atoms with van der Waals surface area (Å²) in [7, 11) is 1.71. The number of quaternary nitrogens is 1. The molecule has 1 aromatic rings. The quantitative estimate of drug-likeness (QED) is 0.805. The third-order valence-corrected chi connectivity index (χ3v) is 5.85. The molecule has 138 valence electrons. The highest BCUT2D eigenvalue weighted by molar-refractivity contribution is 5.79. The summed E-state index contributed by atoms with van der Waals surface area (Å²) in [5.41, 5.74) is 1.32. The molecule has 25 heavy (non-hydrogen) atoms. The maximum Gasteiger partial charge on any atom is 0.223 e. The predicted molar refractivity (Wildman–Crippen MR) is 99.8 cm³/mol. The van der Waals surface area contributed by atoms with Crippen LogP contribution in [0.3, 0.4) is 0 Å². The van der Waals surface area contributed by atoms with Gasteiger partial charge < -0.3 is 15.0 Å². The van der Waals surface area contributed by atoms with Gasteiger partial charge in [0.05, 0.1) is 20.2 Å². The Labute approximate surface area is 151 Å². The van der Waals surface area contributed by atoms with E-state index in [1.807, 2.05) is 6.07 Å². The van der Waals surface area contributed by atoms with Crippen molar-refractivity contribution in [3.05, 3.63) is 29.8 Å². The van der Waals surface area contributed by atoms with Crippen LogP contribution >= 0.6 is 0 Å². The lowest BCUT2D eigenvalue weighted by Gasteiger charge is -2.30. The number of nitrogens with one attached hydrogen (secondary N) is 2. The molecule has 1 aromatic carbocycles. The summed E-state index contributed by atoms with van der Waals surface area (Å²) < 4.78 is 5.31. The van der Waals surface area contributed by atoms with Gasteiger partial charge in [0.2, 0.25) is 5.91 Å². The minimum absolute atomic E-state index is 0.220. The van der Waals surface area contributed by atoms with Gasteiger partial charge in [0.25, 0.3) is 0 Å². The van der Waals surface area contributed by atoms with Crippen LogP contribution in [0.5, 0.6) is 5.75 Å². The molecule has 3 rings (SSSR count). The second kappa shape index (κ2) is 9.23. The van der Waals surface area contributed by atoms with Crippen LogP contribution in [0.25, 0.3) is 0 Å². The minimum Gasteiger partial charge on any atom is -0.497 e. The van der Waals surface area contributed by atoms with Gasteiger partial charge in [-0.25, -0.2) is 0 Å². The monoisotopic (exact) mass is 345 g/mol. The van der Waals surface area contributed by atoms with Crippen molar-refractivity contribution in [1.29, 1.82) is 0 Å². The van der Waals surface area contributed by atoms with E-state index >= 15 is 0 Å². The normalized spacial score (nSPS) is 25.2. The van der Waals surface area contributed by atoms with E-state index in [0.29, 0.717) is 11.9 Å². The number of rotatable bonds is 5.